The molecule has 1 aromatic carbocycles. The van der Waals surface area contributed by atoms with Crippen molar-refractivity contribution < 1.29 is 9.90 Å². The molecular weight excluding hydrogens is 238 g/mol. The van der Waals surface area contributed by atoms with E-state index in [1.54, 1.807) is 0 Å². The lowest BCUT2D eigenvalue weighted by atomic mass is 10.0. The third kappa shape index (κ3) is 3.16. The molecule has 0 amide bonds. The second-order valence-corrected chi connectivity index (χ2v) is 5.96. The van der Waals surface area contributed by atoms with Crippen LogP contribution in [-0.4, -0.2) is 29.1 Å². The fourth-order valence-corrected chi connectivity index (χ4v) is 3.18. The number of hydrogen-bond acceptors (Lipinski definition) is 2. The summed E-state index contributed by atoms with van der Waals surface area (Å²) in [6.07, 6.45) is 4.01. The largest absolute Gasteiger partial charge is 0.481 e. The molecule has 3 nitrogen and oxygen atoms in total. The predicted octanol–water partition coefficient (Wildman–Crippen LogP) is 2.86. The molecule has 3 rings (SSSR count). The van der Waals surface area contributed by atoms with Gasteiger partial charge in [0.2, 0.25) is 0 Å². The van der Waals surface area contributed by atoms with E-state index in [1.165, 1.54) is 24.0 Å². The highest BCUT2D eigenvalue weighted by atomic mass is 16.4. The number of rotatable bonds is 5. The van der Waals surface area contributed by atoms with Crippen LogP contribution in [0.25, 0.3) is 0 Å². The first-order valence-corrected chi connectivity index (χ1v) is 7.24. The maximum atomic E-state index is 10.8. The number of carboxylic acids is 1. The number of carbonyl (C=O) groups is 1. The summed E-state index contributed by atoms with van der Waals surface area (Å²) in [7, 11) is 0. The number of hydrogen-bond donors (Lipinski definition) is 1. The molecule has 2 fully saturated rings. The number of nitrogens with zero attached hydrogens (tertiary/aromatic N) is 1. The maximum absolute atomic E-state index is 10.8. The van der Waals surface area contributed by atoms with Gasteiger partial charge in [-0.25, -0.2) is 0 Å². The van der Waals surface area contributed by atoms with Gasteiger partial charge in [0.15, 0.2) is 0 Å². The fraction of sp³-hybridized carbons (Fsp3) is 0.562. The van der Waals surface area contributed by atoms with E-state index in [9.17, 15) is 4.79 Å². The van der Waals surface area contributed by atoms with Gasteiger partial charge in [0, 0.05) is 19.5 Å². The van der Waals surface area contributed by atoms with Crippen molar-refractivity contribution in [1.82, 2.24) is 4.90 Å². The average molecular weight is 259 g/mol. The van der Waals surface area contributed by atoms with Crippen LogP contribution in [0.3, 0.4) is 0 Å². The summed E-state index contributed by atoms with van der Waals surface area (Å²) in [6.45, 7) is 2.96. The monoisotopic (exact) mass is 259 g/mol. The topological polar surface area (TPSA) is 40.5 Å². The molecular formula is C16H21NO2. The van der Waals surface area contributed by atoms with Crippen LogP contribution in [0.4, 0.5) is 0 Å². The highest BCUT2D eigenvalue weighted by molar-refractivity contribution is 5.67. The van der Waals surface area contributed by atoms with Gasteiger partial charge >= 0.3 is 5.97 Å². The first-order chi connectivity index (χ1) is 9.22. The molecule has 1 saturated carbocycles. The Hall–Kier alpha value is -1.35. The summed E-state index contributed by atoms with van der Waals surface area (Å²) in [4.78, 5) is 13.2. The summed E-state index contributed by atoms with van der Waals surface area (Å²) >= 11 is 0. The lowest BCUT2D eigenvalue weighted by molar-refractivity contribution is -0.138. The third-order valence-electron chi connectivity index (χ3n) is 4.30. The van der Waals surface area contributed by atoms with Gasteiger partial charge < -0.3 is 5.11 Å². The Labute approximate surface area is 114 Å². The molecule has 19 heavy (non-hydrogen) atoms. The van der Waals surface area contributed by atoms with Gasteiger partial charge in [0.05, 0.1) is 0 Å². The van der Waals surface area contributed by atoms with Crippen molar-refractivity contribution in [3.8, 4) is 0 Å². The Balaban J connectivity index is 1.61. The van der Waals surface area contributed by atoms with Gasteiger partial charge in [-0.3, -0.25) is 9.69 Å². The summed E-state index contributed by atoms with van der Waals surface area (Å²) in [5.74, 6) is 0.462. The molecule has 1 unspecified atom stereocenters. The minimum atomic E-state index is -0.662. The van der Waals surface area contributed by atoms with Crippen molar-refractivity contribution in [1.29, 1.82) is 0 Å². The van der Waals surface area contributed by atoms with Gasteiger partial charge in [-0.1, -0.05) is 24.3 Å². The van der Waals surface area contributed by atoms with Gasteiger partial charge in [-0.15, -0.1) is 0 Å². The first kappa shape index (κ1) is 12.7. The molecule has 0 aromatic heterocycles. The molecule has 1 heterocycles. The van der Waals surface area contributed by atoms with E-state index >= 15 is 0 Å². The van der Waals surface area contributed by atoms with E-state index in [-0.39, 0.29) is 0 Å². The zero-order valence-electron chi connectivity index (χ0n) is 11.2. The molecule has 1 saturated heterocycles. The summed E-state index contributed by atoms with van der Waals surface area (Å²) in [6, 6.07) is 8.75. The van der Waals surface area contributed by atoms with Crippen molar-refractivity contribution in [3.05, 3.63) is 35.4 Å². The lowest BCUT2D eigenvalue weighted by Crippen LogP contribution is -2.21. The van der Waals surface area contributed by atoms with Crippen molar-refractivity contribution in [3.63, 3.8) is 0 Å². The Bertz CT molecular complexity index is 468. The number of likely N-dealkylation sites (tertiary alicyclic amines) is 1. The van der Waals surface area contributed by atoms with Crippen LogP contribution in [-0.2, 0) is 11.3 Å². The summed E-state index contributed by atoms with van der Waals surface area (Å²) in [5.41, 5.74) is 2.96. The maximum Gasteiger partial charge on any atom is 0.303 e. The molecule has 1 atom stereocenters. The minimum absolute atomic E-state index is 0.320. The number of aliphatic carboxylic acids is 1. The molecule has 0 radical (unpaired) electrons. The number of benzene rings is 1. The van der Waals surface area contributed by atoms with Crippen molar-refractivity contribution in [2.75, 3.05) is 13.1 Å². The molecule has 1 N–H and O–H groups in total. The lowest BCUT2D eigenvalue weighted by Gasteiger charge is -2.18. The summed E-state index contributed by atoms with van der Waals surface area (Å²) in [5, 5.41) is 8.86. The summed E-state index contributed by atoms with van der Waals surface area (Å²) < 4.78 is 0. The highest BCUT2D eigenvalue weighted by Crippen LogP contribution is 2.42. The molecule has 1 aliphatic heterocycles. The highest BCUT2D eigenvalue weighted by Gasteiger charge is 2.28. The standard InChI is InChI=1S/C16H21NO2/c18-16(19)9-12-7-8-17(10-12)11-14-3-1-2-4-15(14)13-5-6-13/h1-4,12-13H,5-11H2,(H,18,19). The van der Waals surface area contributed by atoms with Crippen molar-refractivity contribution in [2.45, 2.75) is 38.1 Å². The zero-order valence-corrected chi connectivity index (χ0v) is 11.2. The van der Waals surface area contributed by atoms with Crippen LogP contribution in [0.5, 0.6) is 0 Å². The average Bonchev–Trinajstić information content (AvgIpc) is 3.13. The Morgan fingerprint density at radius 3 is 2.79 bits per heavy atom. The SMILES string of the molecule is O=C(O)CC1CCN(Cc2ccccc2C2CC2)C1. The van der Waals surface area contributed by atoms with E-state index in [1.807, 2.05) is 0 Å². The molecule has 2 aliphatic rings. The van der Waals surface area contributed by atoms with E-state index in [2.05, 4.69) is 29.2 Å². The van der Waals surface area contributed by atoms with Crippen LogP contribution in [0, 0.1) is 5.92 Å². The van der Waals surface area contributed by atoms with Crippen LogP contribution in [0.15, 0.2) is 24.3 Å². The second-order valence-electron chi connectivity index (χ2n) is 5.96. The Morgan fingerprint density at radius 2 is 2.05 bits per heavy atom. The Kier molecular flexibility index (Phi) is 3.56. The normalized spacial score (nSPS) is 23.7. The number of carboxylic acid groups (broad SMARTS) is 1. The minimum Gasteiger partial charge on any atom is -0.481 e. The zero-order chi connectivity index (χ0) is 13.2. The smallest absolute Gasteiger partial charge is 0.303 e. The van der Waals surface area contributed by atoms with E-state index < -0.39 is 5.97 Å². The second kappa shape index (κ2) is 5.33. The van der Waals surface area contributed by atoms with Gasteiger partial charge in [0.1, 0.15) is 0 Å². The van der Waals surface area contributed by atoms with Crippen LogP contribution in [0.2, 0.25) is 0 Å². The van der Waals surface area contributed by atoms with Gasteiger partial charge in [0.25, 0.3) is 0 Å². The molecule has 1 aromatic rings. The molecule has 0 spiro atoms. The van der Waals surface area contributed by atoms with Crippen LogP contribution >= 0.6 is 0 Å². The fourth-order valence-electron chi connectivity index (χ4n) is 3.18. The van der Waals surface area contributed by atoms with Gasteiger partial charge in [-0.05, 0) is 48.8 Å². The predicted molar refractivity (Wildman–Crippen MR) is 74.1 cm³/mol. The van der Waals surface area contributed by atoms with Gasteiger partial charge in [-0.2, -0.15) is 0 Å². The third-order valence-corrected chi connectivity index (χ3v) is 4.30. The van der Waals surface area contributed by atoms with E-state index in [0.717, 1.165) is 32.0 Å². The quantitative estimate of drug-likeness (QED) is 0.884. The van der Waals surface area contributed by atoms with E-state index in [0.29, 0.717) is 12.3 Å². The molecule has 102 valence electrons. The van der Waals surface area contributed by atoms with E-state index in [4.69, 9.17) is 5.11 Å². The Morgan fingerprint density at radius 1 is 1.26 bits per heavy atom. The molecule has 3 heteroatoms. The van der Waals surface area contributed by atoms with Crippen LogP contribution < -0.4 is 0 Å². The first-order valence-electron chi connectivity index (χ1n) is 7.24. The van der Waals surface area contributed by atoms with Crippen molar-refractivity contribution in [2.24, 2.45) is 5.92 Å². The van der Waals surface area contributed by atoms with Crippen LogP contribution in [0.1, 0.15) is 42.7 Å². The van der Waals surface area contributed by atoms with Crippen molar-refractivity contribution >= 4 is 5.97 Å². The molecule has 0 bridgehead atoms. The molecule has 1 aliphatic carbocycles.